The van der Waals surface area contributed by atoms with Crippen LogP contribution in [0.25, 0.3) is 0 Å². The fourth-order valence-electron chi connectivity index (χ4n) is 8.07. The topological polar surface area (TPSA) is 75.2 Å². The van der Waals surface area contributed by atoms with Crippen LogP contribution in [-0.4, -0.2) is 95.0 Å². The molecule has 41 heavy (non-hydrogen) atoms. The first-order valence-corrected chi connectivity index (χ1v) is 16.8. The van der Waals surface area contributed by atoms with Crippen molar-refractivity contribution in [3.05, 3.63) is 35.9 Å². The van der Waals surface area contributed by atoms with Crippen LogP contribution in [-0.2, 0) is 6.42 Å². The molecule has 4 atom stereocenters. The molecule has 1 aromatic carbocycles. The van der Waals surface area contributed by atoms with Crippen LogP contribution >= 0.6 is 0 Å². The number of nitrogens with two attached hydrogens (primary N) is 1. The molecule has 3 aliphatic heterocycles. The van der Waals surface area contributed by atoms with Crippen LogP contribution in [0.1, 0.15) is 84.6 Å². The minimum absolute atomic E-state index is 0.340. The van der Waals surface area contributed by atoms with Crippen molar-refractivity contribution in [2.24, 2.45) is 28.5 Å². The molecule has 0 radical (unpaired) electrons. The van der Waals surface area contributed by atoms with E-state index >= 15 is 0 Å². The summed E-state index contributed by atoms with van der Waals surface area (Å²) in [5.41, 5.74) is 7.77. The van der Waals surface area contributed by atoms with Crippen molar-refractivity contribution in [2.45, 2.75) is 110 Å². The lowest BCUT2D eigenvalue weighted by atomic mass is 10.00. The first-order valence-electron chi connectivity index (χ1n) is 16.8. The normalized spacial score (nSPS) is 26.8. The number of rotatable bonds is 13. The summed E-state index contributed by atoms with van der Waals surface area (Å²) in [4.78, 5) is 14.7. The molecule has 228 valence electrons. The van der Waals surface area contributed by atoms with Gasteiger partial charge >= 0.3 is 0 Å². The van der Waals surface area contributed by atoms with Gasteiger partial charge in [0.1, 0.15) is 0 Å². The van der Waals surface area contributed by atoms with Gasteiger partial charge in [-0.25, -0.2) is 0 Å². The van der Waals surface area contributed by atoms with Crippen LogP contribution in [0.3, 0.4) is 0 Å². The molecule has 1 saturated carbocycles. The molecule has 0 spiro atoms. The Morgan fingerprint density at radius 2 is 1.73 bits per heavy atom. The summed E-state index contributed by atoms with van der Waals surface area (Å²) in [6, 6.07) is 12.6. The highest BCUT2D eigenvalue weighted by Gasteiger charge is 2.41. The quantitative estimate of drug-likeness (QED) is 0.342. The van der Waals surface area contributed by atoms with Crippen molar-refractivity contribution in [3.8, 4) is 0 Å². The fourth-order valence-corrected chi connectivity index (χ4v) is 8.07. The Morgan fingerprint density at radius 1 is 0.976 bits per heavy atom. The third-order valence-electron chi connectivity index (χ3n) is 10.6. The van der Waals surface area contributed by atoms with Gasteiger partial charge in [0.2, 0.25) is 0 Å². The Hall–Kier alpha value is -2.28. The highest BCUT2D eigenvalue weighted by Crippen LogP contribution is 2.31. The molecule has 0 bridgehead atoms. The average Bonchev–Trinajstić information content (AvgIpc) is 3.75. The maximum absolute atomic E-state index is 9.47. The highest BCUT2D eigenvalue weighted by molar-refractivity contribution is 5.80. The van der Waals surface area contributed by atoms with Gasteiger partial charge in [-0.2, -0.15) is 0 Å². The molecule has 2 saturated heterocycles. The molecule has 5 rings (SSSR count). The molecule has 7 nitrogen and oxygen atoms in total. The van der Waals surface area contributed by atoms with Gasteiger partial charge in [0, 0.05) is 38.3 Å². The molecule has 3 N–H and O–H groups in total. The number of nitrogens with one attached hydrogen (secondary N) is 1. The zero-order chi connectivity index (χ0) is 28.9. The lowest BCUT2D eigenvalue weighted by Gasteiger charge is -2.39. The Morgan fingerprint density at radius 3 is 2.44 bits per heavy atom. The van der Waals surface area contributed by atoms with Gasteiger partial charge in [-0.05, 0) is 62.0 Å². The maximum atomic E-state index is 9.47. The first kappa shape index (κ1) is 30.2. The number of likely N-dealkylation sites (tertiary alicyclic amines) is 1. The van der Waals surface area contributed by atoms with Crippen molar-refractivity contribution in [1.29, 1.82) is 5.41 Å². The van der Waals surface area contributed by atoms with Crippen LogP contribution in [0.15, 0.2) is 35.3 Å². The van der Waals surface area contributed by atoms with E-state index in [-0.39, 0.29) is 0 Å². The van der Waals surface area contributed by atoms with Crippen molar-refractivity contribution >= 4 is 11.9 Å². The van der Waals surface area contributed by atoms with Gasteiger partial charge in [0.05, 0.1) is 18.6 Å². The van der Waals surface area contributed by atoms with Gasteiger partial charge in [-0.3, -0.25) is 15.3 Å². The summed E-state index contributed by atoms with van der Waals surface area (Å²) in [5.74, 6) is 3.44. The molecular formula is C34H57N7. The largest absolute Gasteiger partial charge is 0.370 e. The Balaban J connectivity index is 1.27. The zero-order valence-electron chi connectivity index (χ0n) is 26.3. The van der Waals surface area contributed by atoms with Gasteiger partial charge in [0.25, 0.3) is 0 Å². The van der Waals surface area contributed by atoms with Crippen molar-refractivity contribution in [2.75, 3.05) is 39.3 Å². The fraction of sp³-hybridized carbons (Fsp3) is 0.765. The molecule has 0 aromatic heterocycles. The number of guanidine groups is 2. The third kappa shape index (κ3) is 7.21. The maximum Gasteiger partial charge on any atom is 0.194 e. The number of hydrogen-bond acceptors (Lipinski definition) is 5. The van der Waals surface area contributed by atoms with Crippen LogP contribution < -0.4 is 5.73 Å². The summed E-state index contributed by atoms with van der Waals surface area (Å²) in [7, 11) is 0. The standard InChI is InChI=1S/C34H57N7/c1-25(2)31-21-37-33(35)40(31)22-29-17-11-18-38(29)24-32(26(3)4)41-23-30(20-28-14-6-5-7-15-28)39(34(41)36)19-10-16-27-12-8-9-13-27/h5-7,14-15,25-27,29-32,36H,8-13,16-24H2,1-4H3,(H2,35,37)/t29-,30+,31-,32-/m0/s1. The van der Waals surface area contributed by atoms with E-state index in [4.69, 9.17) is 5.73 Å². The van der Waals surface area contributed by atoms with Crippen molar-refractivity contribution < 1.29 is 0 Å². The number of aliphatic imine (C=N–C) groups is 1. The molecule has 3 fully saturated rings. The third-order valence-corrected chi connectivity index (χ3v) is 10.6. The summed E-state index contributed by atoms with van der Waals surface area (Å²) in [6.07, 6.45) is 11.7. The van der Waals surface area contributed by atoms with Crippen molar-refractivity contribution in [3.63, 3.8) is 0 Å². The van der Waals surface area contributed by atoms with E-state index in [2.05, 4.69) is 82.6 Å². The minimum atomic E-state index is 0.340. The molecule has 7 heteroatoms. The second kappa shape index (κ2) is 13.8. The van der Waals surface area contributed by atoms with Gasteiger partial charge in [-0.1, -0.05) is 83.7 Å². The summed E-state index contributed by atoms with van der Waals surface area (Å²) < 4.78 is 0. The zero-order valence-corrected chi connectivity index (χ0v) is 26.3. The molecule has 1 aliphatic carbocycles. The van der Waals surface area contributed by atoms with E-state index in [1.807, 2.05) is 0 Å². The molecule has 4 aliphatic rings. The van der Waals surface area contributed by atoms with E-state index in [0.717, 1.165) is 63.5 Å². The second-order valence-corrected chi connectivity index (χ2v) is 14.1. The van der Waals surface area contributed by atoms with Crippen molar-refractivity contribution in [1.82, 2.24) is 19.6 Å². The van der Waals surface area contributed by atoms with E-state index in [0.29, 0.717) is 36.0 Å². The average molecular weight is 564 g/mol. The predicted molar refractivity (Wildman–Crippen MR) is 171 cm³/mol. The number of nitrogens with zero attached hydrogens (tertiary/aromatic N) is 5. The van der Waals surface area contributed by atoms with E-state index < -0.39 is 0 Å². The molecule has 0 unspecified atom stereocenters. The van der Waals surface area contributed by atoms with Gasteiger partial charge in [-0.15, -0.1) is 0 Å². The van der Waals surface area contributed by atoms with Gasteiger partial charge < -0.3 is 20.4 Å². The van der Waals surface area contributed by atoms with Crippen LogP contribution in [0.2, 0.25) is 0 Å². The minimum Gasteiger partial charge on any atom is -0.370 e. The first-order chi connectivity index (χ1) is 19.8. The summed E-state index contributed by atoms with van der Waals surface area (Å²) >= 11 is 0. The lowest BCUT2D eigenvalue weighted by Crippen LogP contribution is -2.53. The number of benzene rings is 1. The molecule has 0 amide bonds. The Kier molecular flexibility index (Phi) is 10.2. The van der Waals surface area contributed by atoms with E-state index in [9.17, 15) is 5.41 Å². The van der Waals surface area contributed by atoms with E-state index in [1.165, 1.54) is 56.9 Å². The lowest BCUT2D eigenvalue weighted by molar-refractivity contribution is 0.131. The Bertz CT molecular complexity index is 1000. The summed E-state index contributed by atoms with van der Waals surface area (Å²) in [6.45, 7) is 15.2. The van der Waals surface area contributed by atoms with Crippen LogP contribution in [0.4, 0.5) is 0 Å². The molecular weight excluding hydrogens is 506 g/mol. The summed E-state index contributed by atoms with van der Waals surface area (Å²) in [5, 5.41) is 9.47. The van der Waals surface area contributed by atoms with Crippen LogP contribution in [0.5, 0.6) is 0 Å². The van der Waals surface area contributed by atoms with Crippen LogP contribution in [0, 0.1) is 23.2 Å². The van der Waals surface area contributed by atoms with Gasteiger partial charge in [0.15, 0.2) is 11.9 Å². The smallest absolute Gasteiger partial charge is 0.194 e. The second-order valence-electron chi connectivity index (χ2n) is 14.1. The molecule has 1 aromatic rings. The predicted octanol–water partition coefficient (Wildman–Crippen LogP) is 5.26. The Labute approximate surface area is 250 Å². The monoisotopic (exact) mass is 563 g/mol. The highest BCUT2D eigenvalue weighted by atomic mass is 15.5. The molecule has 3 heterocycles. The number of hydrogen-bond donors (Lipinski definition) is 2. The van der Waals surface area contributed by atoms with E-state index in [1.54, 1.807) is 0 Å². The SMILES string of the molecule is CC(C)[C@H](CN1CCC[C@H]1CN1C(N)=NC[C@H]1C(C)C)N1C[C@@H](Cc2ccccc2)N(CCCC2CCCC2)C1=N.